The van der Waals surface area contributed by atoms with E-state index in [2.05, 4.69) is 0 Å². The Morgan fingerprint density at radius 1 is 1.48 bits per heavy atom. The zero-order valence-corrected chi connectivity index (χ0v) is 14.1. The van der Waals surface area contributed by atoms with Crippen molar-refractivity contribution < 1.29 is 18.3 Å². The van der Waals surface area contributed by atoms with Crippen LogP contribution in [0.15, 0.2) is 18.2 Å². The molecule has 21 heavy (non-hydrogen) atoms. The summed E-state index contributed by atoms with van der Waals surface area (Å²) in [5.41, 5.74) is 1.38. The minimum Gasteiger partial charge on any atom is -0.496 e. The Kier molecular flexibility index (Phi) is 5.06. The molecule has 1 heterocycles. The first kappa shape index (κ1) is 16.5. The van der Waals surface area contributed by atoms with E-state index in [0.29, 0.717) is 23.6 Å². The number of aliphatic hydroxyl groups excluding tert-OH is 1. The quantitative estimate of drug-likeness (QED) is 0.905. The molecule has 0 aliphatic carbocycles. The third-order valence-corrected chi connectivity index (χ3v) is 6.21. The van der Waals surface area contributed by atoms with Gasteiger partial charge in [-0.15, -0.1) is 0 Å². The Morgan fingerprint density at radius 3 is 2.76 bits per heavy atom. The third kappa shape index (κ3) is 3.46. The molecular weight excluding hydrogens is 310 g/mol. The van der Waals surface area contributed by atoms with Gasteiger partial charge in [0.15, 0.2) is 9.84 Å². The molecule has 1 N–H and O–H groups in total. The van der Waals surface area contributed by atoms with Gasteiger partial charge in [0.2, 0.25) is 0 Å². The van der Waals surface area contributed by atoms with E-state index < -0.39 is 21.3 Å². The summed E-state index contributed by atoms with van der Waals surface area (Å²) in [6.07, 6.45) is 0.532. The number of aliphatic hydroxyl groups is 1. The van der Waals surface area contributed by atoms with Gasteiger partial charge in [-0.25, -0.2) is 8.42 Å². The highest BCUT2D eigenvalue weighted by atomic mass is 32.2. The summed E-state index contributed by atoms with van der Waals surface area (Å²) in [5.74, 6) is 1.98. The van der Waals surface area contributed by atoms with Crippen LogP contribution in [0.25, 0.3) is 0 Å². The smallest absolute Gasteiger partial charge is 0.169 e. The number of anilines is 1. The molecular formula is C14H21NO4S2. The fraction of sp³-hybridized carbons (Fsp3) is 0.571. The molecule has 2 rings (SSSR count). The standard InChI is InChI=1S/C14H21NO4S2/c1-10(16)14-11(5-4-6-12(14)19-2)15-7-8-20-9-13(15)21(3,17)18/h4-6,10,13,16H,7-9H2,1-3H3/t10-,13?/m1/s1. The molecule has 1 saturated heterocycles. The average molecular weight is 331 g/mol. The van der Waals surface area contributed by atoms with Gasteiger partial charge in [0.1, 0.15) is 11.1 Å². The molecule has 0 saturated carbocycles. The van der Waals surface area contributed by atoms with E-state index in [0.717, 1.165) is 11.4 Å². The van der Waals surface area contributed by atoms with Gasteiger partial charge in [-0.3, -0.25) is 0 Å². The number of ether oxygens (including phenoxy) is 1. The predicted molar refractivity (Wildman–Crippen MR) is 86.9 cm³/mol. The Hall–Kier alpha value is -0.920. The van der Waals surface area contributed by atoms with Crippen LogP contribution in [0.4, 0.5) is 5.69 Å². The van der Waals surface area contributed by atoms with Crippen LogP contribution < -0.4 is 9.64 Å². The second-order valence-corrected chi connectivity index (χ2v) is 8.47. The van der Waals surface area contributed by atoms with Crippen LogP contribution in [0.3, 0.4) is 0 Å². The number of rotatable bonds is 4. The minimum absolute atomic E-state index is 0.537. The van der Waals surface area contributed by atoms with Gasteiger partial charge in [0, 0.05) is 35.6 Å². The molecule has 0 radical (unpaired) electrons. The molecule has 118 valence electrons. The van der Waals surface area contributed by atoms with E-state index in [1.807, 2.05) is 17.0 Å². The summed E-state index contributed by atoms with van der Waals surface area (Å²) in [7, 11) is -1.66. The summed E-state index contributed by atoms with van der Waals surface area (Å²) in [5, 5.41) is 9.51. The number of benzene rings is 1. The molecule has 1 fully saturated rings. The number of sulfone groups is 1. The molecule has 1 aromatic rings. The lowest BCUT2D eigenvalue weighted by molar-refractivity contribution is 0.194. The van der Waals surface area contributed by atoms with E-state index in [9.17, 15) is 13.5 Å². The molecule has 1 aliphatic rings. The average Bonchev–Trinajstić information content (AvgIpc) is 2.45. The number of hydrogen-bond acceptors (Lipinski definition) is 6. The van der Waals surface area contributed by atoms with E-state index in [1.165, 1.54) is 6.26 Å². The maximum absolute atomic E-state index is 12.1. The number of nitrogens with zero attached hydrogens (tertiary/aromatic N) is 1. The number of methoxy groups -OCH3 is 1. The van der Waals surface area contributed by atoms with Crippen molar-refractivity contribution in [1.82, 2.24) is 0 Å². The maximum Gasteiger partial charge on any atom is 0.169 e. The molecule has 1 aromatic carbocycles. The lowest BCUT2D eigenvalue weighted by Gasteiger charge is -2.37. The first-order valence-electron chi connectivity index (χ1n) is 6.74. The van der Waals surface area contributed by atoms with Crippen LogP contribution in [0.1, 0.15) is 18.6 Å². The van der Waals surface area contributed by atoms with Crippen LogP contribution >= 0.6 is 11.8 Å². The molecule has 1 aliphatic heterocycles. The van der Waals surface area contributed by atoms with Crippen molar-refractivity contribution in [3.05, 3.63) is 23.8 Å². The van der Waals surface area contributed by atoms with Gasteiger partial charge in [0.25, 0.3) is 0 Å². The monoisotopic (exact) mass is 331 g/mol. The van der Waals surface area contributed by atoms with Crippen molar-refractivity contribution >= 4 is 27.3 Å². The Bertz CT molecular complexity index is 601. The fourth-order valence-corrected chi connectivity index (χ4v) is 5.42. The maximum atomic E-state index is 12.1. The molecule has 2 atom stereocenters. The topological polar surface area (TPSA) is 66.8 Å². The van der Waals surface area contributed by atoms with Gasteiger partial charge < -0.3 is 14.7 Å². The molecule has 0 aromatic heterocycles. The van der Waals surface area contributed by atoms with Gasteiger partial charge in [-0.1, -0.05) is 6.07 Å². The molecule has 0 spiro atoms. The van der Waals surface area contributed by atoms with E-state index >= 15 is 0 Å². The number of thioether (sulfide) groups is 1. The Morgan fingerprint density at radius 2 is 2.19 bits per heavy atom. The number of hydrogen-bond donors (Lipinski definition) is 1. The fourth-order valence-electron chi connectivity index (χ4n) is 2.59. The van der Waals surface area contributed by atoms with Gasteiger partial charge in [-0.05, 0) is 19.1 Å². The zero-order valence-electron chi connectivity index (χ0n) is 12.4. The highest BCUT2D eigenvalue weighted by molar-refractivity contribution is 8.01. The SMILES string of the molecule is COc1cccc(N2CCSCC2S(C)(=O)=O)c1[C@@H](C)O. The molecule has 0 amide bonds. The predicted octanol–water partition coefficient (Wildman–Crippen LogP) is 1.67. The van der Waals surface area contributed by atoms with Crippen LogP contribution in [0.2, 0.25) is 0 Å². The summed E-state index contributed by atoms with van der Waals surface area (Å²) in [4.78, 5) is 1.87. The second-order valence-electron chi connectivity index (χ2n) is 5.12. The van der Waals surface area contributed by atoms with E-state index in [4.69, 9.17) is 4.74 Å². The van der Waals surface area contributed by atoms with Crippen molar-refractivity contribution in [3.8, 4) is 5.75 Å². The summed E-state index contributed by atoms with van der Waals surface area (Å²) in [6, 6.07) is 5.44. The van der Waals surface area contributed by atoms with E-state index in [-0.39, 0.29) is 0 Å². The van der Waals surface area contributed by atoms with E-state index in [1.54, 1.807) is 31.9 Å². The lowest BCUT2D eigenvalue weighted by Crippen LogP contribution is -2.47. The molecule has 1 unspecified atom stereocenters. The summed E-state index contributed by atoms with van der Waals surface area (Å²) < 4.78 is 29.4. The van der Waals surface area contributed by atoms with Crippen LogP contribution in [-0.4, -0.2) is 50.3 Å². The van der Waals surface area contributed by atoms with Gasteiger partial charge in [0.05, 0.1) is 13.2 Å². The van der Waals surface area contributed by atoms with Gasteiger partial charge >= 0.3 is 0 Å². The highest BCUT2D eigenvalue weighted by Crippen LogP contribution is 2.37. The van der Waals surface area contributed by atoms with Crippen molar-refractivity contribution in [2.24, 2.45) is 0 Å². The third-order valence-electron chi connectivity index (χ3n) is 3.57. The normalized spacial score (nSPS) is 21.1. The van der Waals surface area contributed by atoms with Gasteiger partial charge in [-0.2, -0.15) is 11.8 Å². The van der Waals surface area contributed by atoms with Crippen molar-refractivity contribution in [2.75, 3.05) is 36.3 Å². The van der Waals surface area contributed by atoms with Crippen molar-refractivity contribution in [3.63, 3.8) is 0 Å². The Balaban J connectivity index is 2.53. The summed E-state index contributed by atoms with van der Waals surface area (Å²) in [6.45, 7) is 2.30. The van der Waals surface area contributed by atoms with Crippen LogP contribution in [0, 0.1) is 0 Å². The molecule has 0 bridgehead atoms. The highest BCUT2D eigenvalue weighted by Gasteiger charge is 2.33. The van der Waals surface area contributed by atoms with Crippen molar-refractivity contribution in [2.45, 2.75) is 18.4 Å². The molecule has 5 nitrogen and oxygen atoms in total. The molecule has 7 heteroatoms. The lowest BCUT2D eigenvalue weighted by atomic mass is 10.1. The largest absolute Gasteiger partial charge is 0.496 e. The first-order valence-corrected chi connectivity index (χ1v) is 9.85. The Labute approximate surface area is 130 Å². The van der Waals surface area contributed by atoms with Crippen LogP contribution in [-0.2, 0) is 9.84 Å². The first-order chi connectivity index (χ1) is 9.86. The summed E-state index contributed by atoms with van der Waals surface area (Å²) >= 11 is 1.64. The second kappa shape index (κ2) is 6.46. The zero-order chi connectivity index (χ0) is 15.6. The van der Waals surface area contributed by atoms with Crippen molar-refractivity contribution in [1.29, 1.82) is 0 Å². The minimum atomic E-state index is -3.20. The van der Waals surface area contributed by atoms with Crippen LogP contribution in [0.5, 0.6) is 5.75 Å².